The van der Waals surface area contributed by atoms with Crippen LogP contribution in [-0.2, 0) is 35.2 Å². The summed E-state index contributed by atoms with van der Waals surface area (Å²) in [6, 6.07) is -8.47. The van der Waals surface area contributed by atoms with Crippen molar-refractivity contribution in [1.29, 1.82) is 0 Å². The topological polar surface area (TPSA) is 264 Å². The fraction of sp³-hybridized carbons (Fsp3) is 0.609. The average molecular weight is 569 g/mol. The molecule has 17 nitrogen and oxygen atoms in total. The second kappa shape index (κ2) is 14.9. The lowest BCUT2D eigenvalue weighted by atomic mass is 10.0. The van der Waals surface area contributed by atoms with Gasteiger partial charge in [0.2, 0.25) is 35.4 Å². The molecule has 1 aliphatic heterocycles. The van der Waals surface area contributed by atoms with E-state index in [0.29, 0.717) is 5.69 Å². The van der Waals surface area contributed by atoms with Crippen LogP contribution in [0, 0.1) is 5.92 Å². The van der Waals surface area contributed by atoms with Gasteiger partial charge in [0.25, 0.3) is 0 Å². The fourth-order valence-electron chi connectivity index (χ4n) is 3.68. The number of imidazole rings is 1. The standard InChI is InChI=1S/C23H36N8O9/c1-10(2)17-23(40)30-16(8-34)22(39)29-15(7-33)21(38)28-14(6-32)20(37)27-13(4-12-5-24-9-25-12)19(36)26-11(3)18(35)31-17/h5,9-11,13-17,32-34H,4,6-8H2,1-3H3,(H,24,25)(H,26,36)(H,27,37)(H,28,38)(H,29,39)(H,30,40)(H,31,35)/t11-,13?,14-,15-,16-,17-/m0/s1. The molecule has 1 unspecified atom stereocenters. The molecule has 0 radical (unpaired) electrons. The molecule has 0 saturated carbocycles. The molecule has 222 valence electrons. The number of aromatic nitrogens is 2. The van der Waals surface area contributed by atoms with Crippen LogP contribution in [-0.4, -0.2) is 117 Å². The summed E-state index contributed by atoms with van der Waals surface area (Å²) in [6.45, 7) is 1.86. The van der Waals surface area contributed by atoms with Gasteiger partial charge in [-0.1, -0.05) is 13.8 Å². The summed E-state index contributed by atoms with van der Waals surface area (Å²) in [4.78, 5) is 83.9. The van der Waals surface area contributed by atoms with Crippen LogP contribution < -0.4 is 31.9 Å². The molecule has 1 aromatic rings. The summed E-state index contributed by atoms with van der Waals surface area (Å²) in [5, 5.41) is 43.0. The van der Waals surface area contributed by atoms with E-state index in [-0.39, 0.29) is 6.42 Å². The summed E-state index contributed by atoms with van der Waals surface area (Å²) in [6.07, 6.45) is 2.66. The lowest BCUT2D eigenvalue weighted by molar-refractivity contribution is -0.138. The second-order valence-corrected chi connectivity index (χ2v) is 9.53. The van der Waals surface area contributed by atoms with Crippen LogP contribution in [0.2, 0.25) is 0 Å². The van der Waals surface area contributed by atoms with Gasteiger partial charge in [0.15, 0.2) is 0 Å². The number of rotatable bonds is 6. The third-order valence-electron chi connectivity index (χ3n) is 6.06. The van der Waals surface area contributed by atoms with Crippen molar-refractivity contribution in [2.24, 2.45) is 5.92 Å². The van der Waals surface area contributed by atoms with Gasteiger partial charge < -0.3 is 52.2 Å². The number of aliphatic hydroxyl groups is 3. The Hall–Kier alpha value is -4.09. The van der Waals surface area contributed by atoms with Crippen LogP contribution >= 0.6 is 0 Å². The highest BCUT2D eigenvalue weighted by atomic mass is 16.3. The maximum absolute atomic E-state index is 13.1. The fourth-order valence-corrected chi connectivity index (χ4v) is 3.68. The van der Waals surface area contributed by atoms with Gasteiger partial charge in [-0.2, -0.15) is 0 Å². The zero-order chi connectivity index (χ0) is 30.0. The van der Waals surface area contributed by atoms with E-state index < -0.39 is 97.4 Å². The van der Waals surface area contributed by atoms with E-state index in [9.17, 15) is 44.1 Å². The number of aliphatic hydroxyl groups excluding tert-OH is 3. The van der Waals surface area contributed by atoms with Gasteiger partial charge in [-0.3, -0.25) is 28.8 Å². The number of hydrogen-bond acceptors (Lipinski definition) is 10. The Morgan fingerprint density at radius 1 is 0.675 bits per heavy atom. The predicted molar refractivity (Wildman–Crippen MR) is 136 cm³/mol. The third kappa shape index (κ3) is 8.72. The second-order valence-electron chi connectivity index (χ2n) is 9.53. The van der Waals surface area contributed by atoms with Crippen molar-refractivity contribution < 1.29 is 44.1 Å². The lowest BCUT2D eigenvalue weighted by Gasteiger charge is -2.28. The highest BCUT2D eigenvalue weighted by Gasteiger charge is 2.34. The van der Waals surface area contributed by atoms with Crippen molar-refractivity contribution >= 4 is 35.4 Å². The van der Waals surface area contributed by atoms with Crippen LogP contribution in [0.4, 0.5) is 0 Å². The smallest absolute Gasteiger partial charge is 0.245 e. The maximum atomic E-state index is 13.1. The molecular formula is C23H36N8O9. The van der Waals surface area contributed by atoms with Crippen LogP contribution in [0.25, 0.3) is 0 Å². The van der Waals surface area contributed by atoms with Gasteiger partial charge in [0.05, 0.1) is 26.1 Å². The zero-order valence-electron chi connectivity index (χ0n) is 22.3. The minimum atomic E-state index is -1.63. The van der Waals surface area contributed by atoms with Gasteiger partial charge in [0, 0.05) is 18.3 Å². The van der Waals surface area contributed by atoms with E-state index in [1.807, 2.05) is 0 Å². The maximum Gasteiger partial charge on any atom is 0.245 e. The Balaban J connectivity index is 2.43. The third-order valence-corrected chi connectivity index (χ3v) is 6.06. The van der Waals surface area contributed by atoms with Crippen molar-refractivity contribution in [3.05, 3.63) is 18.2 Å². The van der Waals surface area contributed by atoms with Crippen molar-refractivity contribution in [2.45, 2.75) is 63.4 Å². The summed E-state index contributed by atoms with van der Waals surface area (Å²) < 4.78 is 0. The van der Waals surface area contributed by atoms with E-state index in [1.54, 1.807) is 13.8 Å². The van der Waals surface area contributed by atoms with E-state index >= 15 is 0 Å². The van der Waals surface area contributed by atoms with E-state index in [0.717, 1.165) is 0 Å². The van der Waals surface area contributed by atoms with Crippen molar-refractivity contribution in [1.82, 2.24) is 41.9 Å². The monoisotopic (exact) mass is 568 g/mol. The van der Waals surface area contributed by atoms with Gasteiger partial charge in [0.1, 0.15) is 36.3 Å². The quantitative estimate of drug-likeness (QED) is 0.156. The SMILES string of the molecule is CC(C)[C@@H]1NC(=O)[C@H](C)NC(=O)C(Cc2cnc[nH]2)NC(=O)[C@H](CO)NC(=O)[C@H](CO)NC(=O)[C@H](CO)NC1=O. The Morgan fingerprint density at radius 2 is 1.12 bits per heavy atom. The minimum absolute atomic E-state index is 0.104. The normalized spacial score (nSPS) is 27.9. The van der Waals surface area contributed by atoms with Gasteiger partial charge >= 0.3 is 0 Å². The molecule has 0 aliphatic carbocycles. The number of H-pyrrole nitrogens is 1. The Morgan fingerprint density at radius 3 is 1.55 bits per heavy atom. The molecule has 0 spiro atoms. The number of carbonyl (C=O) groups is 6. The first-order chi connectivity index (χ1) is 18.9. The molecule has 1 aliphatic rings. The molecule has 6 amide bonds. The van der Waals surface area contributed by atoms with Crippen LogP contribution in [0.15, 0.2) is 12.5 Å². The molecule has 0 bridgehead atoms. The zero-order valence-corrected chi connectivity index (χ0v) is 22.3. The molecule has 17 heteroatoms. The number of aromatic amines is 1. The van der Waals surface area contributed by atoms with Crippen molar-refractivity contribution in [3.8, 4) is 0 Å². The van der Waals surface area contributed by atoms with E-state index in [1.165, 1.54) is 19.4 Å². The van der Waals surface area contributed by atoms with Crippen LogP contribution in [0.5, 0.6) is 0 Å². The molecule has 6 atom stereocenters. The molecule has 40 heavy (non-hydrogen) atoms. The van der Waals surface area contributed by atoms with Gasteiger partial charge in [-0.05, 0) is 12.8 Å². The average Bonchev–Trinajstić information content (AvgIpc) is 3.43. The number of carbonyl (C=O) groups excluding carboxylic acids is 6. The first kappa shape index (κ1) is 32.1. The Bertz CT molecular complexity index is 1060. The first-order valence-corrected chi connectivity index (χ1v) is 12.5. The summed E-state index contributed by atoms with van der Waals surface area (Å²) in [5.74, 6) is -5.93. The van der Waals surface area contributed by atoms with Gasteiger partial charge in [-0.15, -0.1) is 0 Å². The molecule has 2 heterocycles. The molecular weight excluding hydrogens is 532 g/mol. The molecule has 1 aromatic heterocycles. The molecule has 1 fully saturated rings. The highest BCUT2D eigenvalue weighted by Crippen LogP contribution is 2.05. The van der Waals surface area contributed by atoms with Crippen molar-refractivity contribution in [3.63, 3.8) is 0 Å². The number of amides is 6. The lowest BCUT2D eigenvalue weighted by Crippen LogP contribution is -2.63. The van der Waals surface area contributed by atoms with Gasteiger partial charge in [-0.25, -0.2) is 4.98 Å². The summed E-state index contributed by atoms with van der Waals surface area (Å²) >= 11 is 0. The van der Waals surface area contributed by atoms with E-state index in [2.05, 4.69) is 41.9 Å². The predicted octanol–water partition coefficient (Wildman–Crippen LogP) is -5.47. The largest absolute Gasteiger partial charge is 0.394 e. The molecule has 10 N–H and O–H groups in total. The number of nitrogens with one attached hydrogen (secondary N) is 7. The molecule has 1 saturated heterocycles. The molecule has 2 rings (SSSR count). The summed E-state index contributed by atoms with van der Waals surface area (Å²) in [5.41, 5.74) is 0.447. The summed E-state index contributed by atoms with van der Waals surface area (Å²) in [7, 11) is 0. The minimum Gasteiger partial charge on any atom is -0.394 e. The van der Waals surface area contributed by atoms with Crippen LogP contribution in [0.3, 0.4) is 0 Å². The van der Waals surface area contributed by atoms with Crippen molar-refractivity contribution in [2.75, 3.05) is 19.8 Å². The Labute approximate surface area is 229 Å². The number of nitrogens with zero attached hydrogens (tertiary/aromatic N) is 1. The van der Waals surface area contributed by atoms with E-state index in [4.69, 9.17) is 0 Å². The first-order valence-electron chi connectivity index (χ1n) is 12.5. The Kier molecular flexibility index (Phi) is 12.0. The molecule has 0 aromatic carbocycles. The number of hydrogen-bond donors (Lipinski definition) is 10. The highest BCUT2D eigenvalue weighted by molar-refractivity contribution is 5.98. The van der Waals surface area contributed by atoms with Crippen LogP contribution in [0.1, 0.15) is 26.5 Å².